The van der Waals surface area contributed by atoms with Gasteiger partial charge in [-0.1, -0.05) is 30.3 Å². The zero-order valence-corrected chi connectivity index (χ0v) is 14.7. The van der Waals surface area contributed by atoms with Gasteiger partial charge >= 0.3 is 0 Å². The molecule has 1 aliphatic rings. The number of anilines is 2. The topological polar surface area (TPSA) is 58.6 Å². The molecule has 5 heteroatoms. The lowest BCUT2D eigenvalue weighted by atomic mass is 9.91. The molecule has 0 radical (unpaired) electrons. The summed E-state index contributed by atoms with van der Waals surface area (Å²) in [4.78, 5) is 26.8. The van der Waals surface area contributed by atoms with Crippen molar-refractivity contribution in [1.29, 1.82) is 0 Å². The summed E-state index contributed by atoms with van der Waals surface area (Å²) in [5.41, 5.74) is 1.24. The van der Waals surface area contributed by atoms with Gasteiger partial charge in [0, 0.05) is 12.6 Å². The molecule has 1 N–H and O–H groups in total. The summed E-state index contributed by atoms with van der Waals surface area (Å²) in [5.74, 6) is 0.130. The molecule has 0 spiro atoms. The van der Waals surface area contributed by atoms with E-state index >= 15 is 0 Å². The monoisotopic (exact) mass is 338 g/mol. The van der Waals surface area contributed by atoms with Crippen LogP contribution in [0, 0.1) is 5.41 Å². The lowest BCUT2D eigenvalue weighted by molar-refractivity contribution is -0.136. The molecule has 5 nitrogen and oxygen atoms in total. The van der Waals surface area contributed by atoms with E-state index in [1.165, 1.54) is 0 Å². The van der Waals surface area contributed by atoms with Gasteiger partial charge in [0.15, 0.2) is 0 Å². The molecule has 0 saturated heterocycles. The van der Waals surface area contributed by atoms with Crippen molar-refractivity contribution in [2.75, 3.05) is 16.8 Å². The average Bonchev–Trinajstić information content (AvgIpc) is 2.68. The van der Waals surface area contributed by atoms with E-state index in [0.717, 1.165) is 5.56 Å². The molecule has 130 valence electrons. The summed E-state index contributed by atoms with van der Waals surface area (Å²) in [6.45, 7) is 6.12. The number of ether oxygens (including phenoxy) is 1. The second kappa shape index (κ2) is 6.59. The number of amides is 2. The maximum atomic E-state index is 12.7. The fraction of sp³-hybridized carbons (Fsp3) is 0.300. The number of nitrogens with one attached hydrogen (secondary N) is 1. The van der Waals surface area contributed by atoms with Crippen LogP contribution in [-0.2, 0) is 16.2 Å². The molecule has 0 aromatic heterocycles. The molecule has 2 aromatic rings. The van der Waals surface area contributed by atoms with Gasteiger partial charge in [-0.3, -0.25) is 9.59 Å². The van der Waals surface area contributed by atoms with Gasteiger partial charge in [-0.05, 0) is 38.5 Å². The molecule has 1 aliphatic heterocycles. The molecular weight excluding hydrogens is 316 g/mol. The van der Waals surface area contributed by atoms with Crippen LogP contribution >= 0.6 is 0 Å². The second-order valence-electron chi connectivity index (χ2n) is 6.58. The van der Waals surface area contributed by atoms with Crippen molar-refractivity contribution in [2.24, 2.45) is 5.41 Å². The Labute approximate surface area is 147 Å². The first-order valence-corrected chi connectivity index (χ1v) is 8.37. The predicted molar refractivity (Wildman–Crippen MR) is 97.7 cm³/mol. The smallest absolute Gasteiger partial charge is 0.242 e. The van der Waals surface area contributed by atoms with Crippen molar-refractivity contribution >= 4 is 23.2 Å². The van der Waals surface area contributed by atoms with Crippen LogP contribution in [0.3, 0.4) is 0 Å². The predicted octanol–water partition coefficient (Wildman–Crippen LogP) is 3.60. The molecule has 0 fully saturated rings. The Morgan fingerprint density at radius 3 is 2.48 bits per heavy atom. The number of carbonyl (C=O) groups is 2. The van der Waals surface area contributed by atoms with Crippen molar-refractivity contribution in [2.45, 2.75) is 27.4 Å². The van der Waals surface area contributed by atoms with E-state index in [2.05, 4.69) is 5.32 Å². The van der Waals surface area contributed by atoms with Crippen LogP contribution in [0.15, 0.2) is 48.5 Å². The highest BCUT2D eigenvalue weighted by atomic mass is 16.5. The van der Waals surface area contributed by atoms with Gasteiger partial charge in [0.25, 0.3) is 0 Å². The van der Waals surface area contributed by atoms with Crippen molar-refractivity contribution < 1.29 is 14.3 Å². The Morgan fingerprint density at radius 1 is 1.08 bits per heavy atom. The van der Waals surface area contributed by atoms with Crippen LogP contribution in [0.4, 0.5) is 11.4 Å². The minimum Gasteiger partial charge on any atom is -0.489 e. The number of benzene rings is 2. The zero-order chi connectivity index (χ0) is 18.0. The summed E-state index contributed by atoms with van der Waals surface area (Å²) in [6, 6.07) is 15.3. The summed E-state index contributed by atoms with van der Waals surface area (Å²) in [7, 11) is 0. The van der Waals surface area contributed by atoms with Crippen LogP contribution in [-0.4, -0.2) is 18.4 Å². The minimum atomic E-state index is -1.11. The van der Waals surface area contributed by atoms with Crippen LogP contribution in [0.1, 0.15) is 26.3 Å². The molecule has 0 atom stereocenters. The third-order valence-electron chi connectivity index (χ3n) is 4.42. The van der Waals surface area contributed by atoms with E-state index in [9.17, 15) is 9.59 Å². The van der Waals surface area contributed by atoms with Crippen LogP contribution < -0.4 is 15.0 Å². The van der Waals surface area contributed by atoms with Gasteiger partial charge < -0.3 is 15.0 Å². The first-order valence-electron chi connectivity index (χ1n) is 8.37. The maximum Gasteiger partial charge on any atom is 0.242 e. The summed E-state index contributed by atoms with van der Waals surface area (Å²) >= 11 is 0. The molecule has 3 rings (SSSR count). The summed E-state index contributed by atoms with van der Waals surface area (Å²) < 4.78 is 5.83. The fourth-order valence-corrected chi connectivity index (χ4v) is 2.82. The standard InChI is InChI=1S/C20H22N2O3/c1-4-22-17-11-10-15(25-13-14-8-6-5-7-9-14)12-16(17)21-18(23)20(2,3)19(22)24/h5-12H,4,13H2,1-3H3,(H,21,23). The lowest BCUT2D eigenvalue weighted by Crippen LogP contribution is -2.45. The number of nitrogens with zero attached hydrogens (tertiary/aromatic N) is 1. The second-order valence-corrected chi connectivity index (χ2v) is 6.58. The van der Waals surface area contributed by atoms with Crippen LogP contribution in [0.25, 0.3) is 0 Å². The quantitative estimate of drug-likeness (QED) is 0.867. The SMILES string of the molecule is CCN1C(=O)C(C)(C)C(=O)Nc2cc(OCc3ccccc3)ccc21. The third kappa shape index (κ3) is 3.22. The van der Waals surface area contributed by atoms with Gasteiger partial charge in [-0.2, -0.15) is 0 Å². The molecule has 0 bridgehead atoms. The number of hydrogen-bond donors (Lipinski definition) is 1. The summed E-state index contributed by atoms with van der Waals surface area (Å²) in [6.07, 6.45) is 0. The molecule has 0 saturated carbocycles. The van der Waals surface area contributed by atoms with E-state index in [1.807, 2.05) is 49.4 Å². The van der Waals surface area contributed by atoms with Gasteiger partial charge in [0.05, 0.1) is 11.4 Å². The minimum absolute atomic E-state index is 0.204. The van der Waals surface area contributed by atoms with Crippen LogP contribution in [0.2, 0.25) is 0 Å². The van der Waals surface area contributed by atoms with Gasteiger partial charge in [0.1, 0.15) is 17.8 Å². The van der Waals surface area contributed by atoms with E-state index in [4.69, 9.17) is 4.74 Å². The molecule has 0 aliphatic carbocycles. The summed E-state index contributed by atoms with van der Waals surface area (Å²) in [5, 5.41) is 2.86. The lowest BCUT2D eigenvalue weighted by Gasteiger charge is -2.26. The molecular formula is C20H22N2O3. The van der Waals surface area contributed by atoms with E-state index in [1.54, 1.807) is 24.8 Å². The molecule has 25 heavy (non-hydrogen) atoms. The Kier molecular flexibility index (Phi) is 4.49. The molecule has 0 unspecified atom stereocenters. The van der Waals surface area contributed by atoms with E-state index in [0.29, 0.717) is 30.3 Å². The number of hydrogen-bond acceptors (Lipinski definition) is 3. The van der Waals surface area contributed by atoms with Crippen LogP contribution in [0.5, 0.6) is 5.75 Å². The molecule has 2 aromatic carbocycles. The fourth-order valence-electron chi connectivity index (χ4n) is 2.82. The maximum absolute atomic E-state index is 12.7. The largest absolute Gasteiger partial charge is 0.489 e. The first kappa shape index (κ1) is 17.0. The highest BCUT2D eigenvalue weighted by molar-refractivity contribution is 6.19. The van der Waals surface area contributed by atoms with E-state index < -0.39 is 5.41 Å². The highest BCUT2D eigenvalue weighted by Gasteiger charge is 2.42. The molecule has 2 amide bonds. The van der Waals surface area contributed by atoms with Crippen molar-refractivity contribution in [3.05, 3.63) is 54.1 Å². The van der Waals surface area contributed by atoms with E-state index in [-0.39, 0.29) is 11.8 Å². The van der Waals surface area contributed by atoms with Crippen molar-refractivity contribution in [1.82, 2.24) is 0 Å². The third-order valence-corrected chi connectivity index (χ3v) is 4.42. The van der Waals surface area contributed by atoms with Gasteiger partial charge in [-0.15, -0.1) is 0 Å². The number of rotatable bonds is 4. The Bertz CT molecular complexity index is 800. The van der Waals surface area contributed by atoms with Crippen molar-refractivity contribution in [3.8, 4) is 5.75 Å². The number of fused-ring (bicyclic) bond motifs is 1. The Hall–Kier alpha value is -2.82. The first-order chi connectivity index (χ1) is 11.9. The average molecular weight is 338 g/mol. The highest BCUT2D eigenvalue weighted by Crippen LogP contribution is 2.37. The normalized spacial score (nSPS) is 16.0. The van der Waals surface area contributed by atoms with Crippen molar-refractivity contribution in [3.63, 3.8) is 0 Å². The zero-order valence-electron chi connectivity index (χ0n) is 14.7. The van der Waals surface area contributed by atoms with Gasteiger partial charge in [-0.25, -0.2) is 0 Å². The Morgan fingerprint density at radius 2 is 1.80 bits per heavy atom. The van der Waals surface area contributed by atoms with Gasteiger partial charge in [0.2, 0.25) is 11.8 Å². The Balaban J connectivity index is 1.89. The number of carbonyl (C=O) groups excluding carboxylic acids is 2. The molecule has 1 heterocycles.